The molecular weight excluding hydrogens is 246 g/mol. The lowest BCUT2D eigenvalue weighted by Crippen LogP contribution is -2.47. The van der Waals surface area contributed by atoms with E-state index in [4.69, 9.17) is 16.0 Å². The van der Waals surface area contributed by atoms with E-state index in [2.05, 4.69) is 19.9 Å². The van der Waals surface area contributed by atoms with Crippen LogP contribution in [-0.2, 0) is 0 Å². The number of aromatic nitrogens is 1. The maximum Gasteiger partial charge on any atom is 0.188 e. The van der Waals surface area contributed by atoms with Crippen molar-refractivity contribution in [1.29, 1.82) is 0 Å². The summed E-state index contributed by atoms with van der Waals surface area (Å²) in [6, 6.07) is 3.73. The minimum atomic E-state index is 0.0146. The average molecular weight is 265 g/mol. The molecule has 19 heavy (non-hydrogen) atoms. The van der Waals surface area contributed by atoms with E-state index >= 15 is 0 Å². The van der Waals surface area contributed by atoms with Crippen molar-refractivity contribution in [3.8, 4) is 0 Å². The molecule has 4 N–H and O–H groups in total. The van der Waals surface area contributed by atoms with E-state index < -0.39 is 0 Å². The Hall–Kier alpha value is -1.86. The minimum absolute atomic E-state index is 0.0146. The number of oxime groups is 1. The van der Waals surface area contributed by atoms with Gasteiger partial charge < -0.3 is 20.9 Å². The number of hydrogen-bond acceptors (Lipinski definition) is 6. The molecule has 0 spiro atoms. The summed E-state index contributed by atoms with van der Waals surface area (Å²) in [6.45, 7) is 4.53. The van der Waals surface area contributed by atoms with Crippen LogP contribution in [0.4, 0.5) is 5.69 Å². The number of nitrogens with two attached hydrogens (primary N) is 1. The molecule has 2 heterocycles. The zero-order valence-corrected chi connectivity index (χ0v) is 10.7. The third-order valence-corrected chi connectivity index (χ3v) is 3.27. The van der Waals surface area contributed by atoms with Crippen LogP contribution in [0, 0.1) is 0 Å². The van der Waals surface area contributed by atoms with Crippen molar-refractivity contribution >= 4 is 11.5 Å². The summed E-state index contributed by atoms with van der Waals surface area (Å²) >= 11 is 0. The van der Waals surface area contributed by atoms with Gasteiger partial charge in [-0.2, -0.15) is 0 Å². The Morgan fingerprint density at radius 1 is 1.37 bits per heavy atom. The highest BCUT2D eigenvalue weighted by molar-refractivity contribution is 5.95. The number of β-amino-alcohol motifs (C(OH)–C–C–N with tert-alkyl or cyclic N) is 1. The molecule has 0 unspecified atom stereocenters. The van der Waals surface area contributed by atoms with Crippen molar-refractivity contribution in [3.63, 3.8) is 0 Å². The average Bonchev–Trinajstić information content (AvgIpc) is 2.48. The number of aliphatic hydroxyl groups is 1. The third kappa shape index (κ3) is 3.33. The van der Waals surface area contributed by atoms with Crippen molar-refractivity contribution in [2.75, 3.05) is 44.2 Å². The summed E-state index contributed by atoms with van der Waals surface area (Å²) in [4.78, 5) is 8.51. The molecule has 7 heteroatoms. The van der Waals surface area contributed by atoms with Crippen LogP contribution in [0.3, 0.4) is 0 Å². The SMILES string of the molecule is NC(=NO)c1cc(N2CCN(CCO)CC2)ccn1. The molecule has 0 saturated carbocycles. The first-order valence-corrected chi connectivity index (χ1v) is 6.26. The molecule has 1 saturated heterocycles. The number of piperazine rings is 1. The second-order valence-corrected chi connectivity index (χ2v) is 4.44. The summed E-state index contributed by atoms with van der Waals surface area (Å²) in [5, 5.41) is 20.5. The zero-order valence-electron chi connectivity index (χ0n) is 10.7. The number of aliphatic hydroxyl groups excluding tert-OH is 1. The lowest BCUT2D eigenvalue weighted by Gasteiger charge is -2.35. The number of hydrogen-bond donors (Lipinski definition) is 3. The van der Waals surface area contributed by atoms with Crippen LogP contribution >= 0.6 is 0 Å². The number of pyridine rings is 1. The monoisotopic (exact) mass is 265 g/mol. The lowest BCUT2D eigenvalue weighted by atomic mass is 10.2. The molecule has 1 aromatic heterocycles. The second-order valence-electron chi connectivity index (χ2n) is 4.44. The van der Waals surface area contributed by atoms with Gasteiger partial charge >= 0.3 is 0 Å². The van der Waals surface area contributed by atoms with E-state index in [1.165, 1.54) is 0 Å². The number of nitrogens with zero attached hydrogens (tertiary/aromatic N) is 4. The summed E-state index contributed by atoms with van der Waals surface area (Å²) in [7, 11) is 0. The Morgan fingerprint density at radius 3 is 2.74 bits per heavy atom. The molecule has 2 rings (SSSR count). The predicted molar refractivity (Wildman–Crippen MR) is 72.5 cm³/mol. The smallest absolute Gasteiger partial charge is 0.188 e. The molecule has 1 aliphatic heterocycles. The van der Waals surface area contributed by atoms with Crippen LogP contribution in [0.5, 0.6) is 0 Å². The quantitative estimate of drug-likeness (QED) is 0.288. The van der Waals surface area contributed by atoms with Crippen molar-refractivity contribution in [3.05, 3.63) is 24.0 Å². The van der Waals surface area contributed by atoms with E-state index in [1.54, 1.807) is 6.20 Å². The van der Waals surface area contributed by atoms with Gasteiger partial charge in [0, 0.05) is 44.6 Å². The summed E-state index contributed by atoms with van der Waals surface area (Å²) < 4.78 is 0. The van der Waals surface area contributed by atoms with Gasteiger partial charge in [0.05, 0.1) is 6.61 Å². The highest BCUT2D eigenvalue weighted by atomic mass is 16.4. The summed E-state index contributed by atoms with van der Waals surface area (Å²) in [5.74, 6) is 0.0146. The Bertz CT molecular complexity index is 444. The van der Waals surface area contributed by atoms with Gasteiger partial charge in [0.2, 0.25) is 0 Å². The fourth-order valence-electron chi connectivity index (χ4n) is 2.18. The van der Waals surface area contributed by atoms with Gasteiger partial charge in [-0.25, -0.2) is 0 Å². The Balaban J connectivity index is 2.03. The van der Waals surface area contributed by atoms with Gasteiger partial charge in [0.25, 0.3) is 0 Å². The lowest BCUT2D eigenvalue weighted by molar-refractivity contribution is 0.189. The molecule has 7 nitrogen and oxygen atoms in total. The van der Waals surface area contributed by atoms with Crippen molar-refractivity contribution in [1.82, 2.24) is 9.88 Å². The van der Waals surface area contributed by atoms with E-state index in [0.29, 0.717) is 5.69 Å². The van der Waals surface area contributed by atoms with Gasteiger partial charge in [0.15, 0.2) is 5.84 Å². The van der Waals surface area contributed by atoms with Crippen molar-refractivity contribution in [2.24, 2.45) is 10.9 Å². The molecular formula is C12H19N5O2. The first-order valence-electron chi connectivity index (χ1n) is 6.26. The number of anilines is 1. The molecule has 0 amide bonds. The Morgan fingerprint density at radius 2 is 2.11 bits per heavy atom. The molecule has 1 aliphatic rings. The molecule has 1 aromatic rings. The van der Waals surface area contributed by atoms with E-state index in [1.807, 2.05) is 12.1 Å². The number of amidine groups is 1. The van der Waals surface area contributed by atoms with Crippen LogP contribution in [0.15, 0.2) is 23.5 Å². The van der Waals surface area contributed by atoms with Crippen LogP contribution in [0.1, 0.15) is 5.69 Å². The van der Waals surface area contributed by atoms with Gasteiger partial charge in [-0.1, -0.05) is 5.16 Å². The summed E-state index contributed by atoms with van der Waals surface area (Å²) in [5.41, 5.74) is 7.02. The normalized spacial score (nSPS) is 17.7. The number of rotatable bonds is 4. The van der Waals surface area contributed by atoms with E-state index in [9.17, 15) is 0 Å². The first kappa shape index (κ1) is 13.6. The molecule has 0 aliphatic carbocycles. The molecule has 0 aromatic carbocycles. The predicted octanol–water partition coefficient (Wildman–Crippen LogP) is -0.710. The Kier molecular flexibility index (Phi) is 4.53. The van der Waals surface area contributed by atoms with Crippen molar-refractivity contribution < 1.29 is 10.3 Å². The zero-order chi connectivity index (χ0) is 13.7. The largest absolute Gasteiger partial charge is 0.409 e. The van der Waals surface area contributed by atoms with Crippen LogP contribution in [0.2, 0.25) is 0 Å². The molecule has 0 radical (unpaired) electrons. The van der Waals surface area contributed by atoms with Crippen LogP contribution < -0.4 is 10.6 Å². The van der Waals surface area contributed by atoms with Crippen LogP contribution in [0.25, 0.3) is 0 Å². The topological polar surface area (TPSA) is 98.2 Å². The van der Waals surface area contributed by atoms with Gasteiger partial charge in [0.1, 0.15) is 5.69 Å². The first-order chi connectivity index (χ1) is 9.24. The highest BCUT2D eigenvalue weighted by Gasteiger charge is 2.17. The van der Waals surface area contributed by atoms with Crippen LogP contribution in [-0.4, -0.2) is 65.4 Å². The van der Waals surface area contributed by atoms with Gasteiger partial charge in [-0.3, -0.25) is 9.88 Å². The molecule has 0 atom stereocenters. The maximum atomic E-state index is 8.91. The van der Waals surface area contributed by atoms with Gasteiger partial charge in [-0.05, 0) is 12.1 Å². The minimum Gasteiger partial charge on any atom is -0.409 e. The van der Waals surface area contributed by atoms with E-state index in [-0.39, 0.29) is 12.4 Å². The van der Waals surface area contributed by atoms with E-state index in [0.717, 1.165) is 38.4 Å². The second kappa shape index (κ2) is 6.35. The van der Waals surface area contributed by atoms with Gasteiger partial charge in [-0.15, -0.1) is 0 Å². The fraction of sp³-hybridized carbons (Fsp3) is 0.500. The fourth-order valence-corrected chi connectivity index (χ4v) is 2.18. The highest BCUT2D eigenvalue weighted by Crippen LogP contribution is 2.16. The maximum absolute atomic E-state index is 8.91. The summed E-state index contributed by atoms with van der Waals surface area (Å²) in [6.07, 6.45) is 1.66. The third-order valence-electron chi connectivity index (χ3n) is 3.27. The molecule has 0 bridgehead atoms. The molecule has 104 valence electrons. The van der Waals surface area contributed by atoms with Crippen molar-refractivity contribution in [2.45, 2.75) is 0 Å². The standard InChI is InChI=1S/C12H19N5O2/c13-12(15-19)11-9-10(1-2-14-11)17-5-3-16(4-6-17)7-8-18/h1-2,9,18-19H,3-8H2,(H2,13,15). The Labute approximate surface area is 111 Å². The molecule has 1 fully saturated rings.